The molecular weight excluding hydrogens is 345 g/mol. The van der Waals surface area contributed by atoms with E-state index in [0.29, 0.717) is 11.6 Å². The lowest BCUT2D eigenvalue weighted by atomic mass is 10.0. The molecule has 24 heavy (non-hydrogen) atoms. The summed E-state index contributed by atoms with van der Waals surface area (Å²) in [6, 6.07) is 12.4. The third-order valence-electron chi connectivity index (χ3n) is 4.39. The molecule has 0 saturated carbocycles. The van der Waals surface area contributed by atoms with Crippen molar-refractivity contribution in [3.63, 3.8) is 0 Å². The van der Waals surface area contributed by atoms with E-state index in [1.165, 1.54) is 0 Å². The van der Waals surface area contributed by atoms with Crippen molar-refractivity contribution in [2.24, 2.45) is 0 Å². The minimum absolute atomic E-state index is 0. The molecule has 1 aromatic carbocycles. The van der Waals surface area contributed by atoms with Gasteiger partial charge in [-0.3, -0.25) is 9.78 Å². The van der Waals surface area contributed by atoms with Crippen LogP contribution in [-0.2, 0) is 0 Å². The molecule has 1 aromatic heterocycles. The van der Waals surface area contributed by atoms with Gasteiger partial charge in [0.15, 0.2) is 0 Å². The predicted octanol–water partition coefficient (Wildman–Crippen LogP) is 3.41. The number of piperazine rings is 1. The molecule has 2 unspecified atom stereocenters. The van der Waals surface area contributed by atoms with E-state index in [1.807, 2.05) is 41.3 Å². The van der Waals surface area contributed by atoms with Crippen LogP contribution in [0.2, 0.25) is 0 Å². The largest absolute Gasteiger partial charge is 0.333 e. The van der Waals surface area contributed by atoms with Crippen LogP contribution in [0.5, 0.6) is 0 Å². The molecule has 1 aliphatic rings. The first-order chi connectivity index (χ1) is 10.7. The van der Waals surface area contributed by atoms with Crippen molar-refractivity contribution in [2.45, 2.75) is 25.9 Å². The highest BCUT2D eigenvalue weighted by atomic mass is 35.5. The molecule has 2 atom stereocenters. The Morgan fingerprint density at radius 2 is 1.83 bits per heavy atom. The van der Waals surface area contributed by atoms with Gasteiger partial charge >= 0.3 is 0 Å². The van der Waals surface area contributed by atoms with Gasteiger partial charge in [0.2, 0.25) is 0 Å². The van der Waals surface area contributed by atoms with Crippen LogP contribution in [0.15, 0.2) is 48.8 Å². The third-order valence-corrected chi connectivity index (χ3v) is 4.39. The van der Waals surface area contributed by atoms with Gasteiger partial charge in [-0.2, -0.15) is 0 Å². The van der Waals surface area contributed by atoms with E-state index in [2.05, 4.69) is 24.1 Å². The van der Waals surface area contributed by atoms with Crippen LogP contribution in [0.4, 0.5) is 0 Å². The molecule has 0 bridgehead atoms. The molecule has 2 heterocycles. The number of carbonyl (C=O) groups excluding carboxylic acids is 1. The summed E-state index contributed by atoms with van der Waals surface area (Å²) in [7, 11) is 0. The Morgan fingerprint density at radius 1 is 1.12 bits per heavy atom. The number of hydrogen-bond acceptors (Lipinski definition) is 3. The van der Waals surface area contributed by atoms with Crippen molar-refractivity contribution < 1.29 is 4.79 Å². The molecule has 6 heteroatoms. The molecule has 0 aliphatic carbocycles. The lowest BCUT2D eigenvalue weighted by Crippen LogP contribution is -2.57. The van der Waals surface area contributed by atoms with E-state index < -0.39 is 0 Å². The van der Waals surface area contributed by atoms with E-state index in [4.69, 9.17) is 0 Å². The number of nitrogens with one attached hydrogen (secondary N) is 1. The van der Waals surface area contributed by atoms with Gasteiger partial charge in [-0.15, -0.1) is 24.8 Å². The van der Waals surface area contributed by atoms with Crippen molar-refractivity contribution in [3.05, 3.63) is 54.4 Å². The van der Waals surface area contributed by atoms with Gasteiger partial charge in [-0.1, -0.05) is 30.3 Å². The molecular formula is C18H23Cl2N3O. The number of hydrogen-bond donors (Lipinski definition) is 1. The van der Waals surface area contributed by atoms with Crippen LogP contribution in [0, 0.1) is 0 Å². The van der Waals surface area contributed by atoms with Crippen LogP contribution in [0.1, 0.15) is 24.2 Å². The first kappa shape index (κ1) is 20.4. The van der Waals surface area contributed by atoms with Gasteiger partial charge in [0, 0.05) is 43.1 Å². The number of halogens is 2. The summed E-state index contributed by atoms with van der Waals surface area (Å²) in [5.74, 6) is 0.0612. The zero-order valence-corrected chi connectivity index (χ0v) is 15.4. The number of carbonyl (C=O) groups is 1. The molecule has 0 radical (unpaired) electrons. The lowest BCUT2D eigenvalue weighted by molar-refractivity contribution is 0.0602. The van der Waals surface area contributed by atoms with E-state index in [0.717, 1.165) is 24.2 Å². The number of nitrogens with zero attached hydrogens (tertiary/aromatic N) is 2. The Bertz CT molecular complexity index is 666. The van der Waals surface area contributed by atoms with Gasteiger partial charge in [0.25, 0.3) is 5.91 Å². The average molecular weight is 368 g/mol. The first-order valence-electron chi connectivity index (χ1n) is 7.71. The minimum Gasteiger partial charge on any atom is -0.333 e. The number of rotatable bonds is 2. The van der Waals surface area contributed by atoms with Crippen LogP contribution < -0.4 is 5.32 Å². The van der Waals surface area contributed by atoms with Gasteiger partial charge in [0.1, 0.15) is 0 Å². The second-order valence-corrected chi connectivity index (χ2v) is 5.81. The lowest BCUT2D eigenvalue weighted by Gasteiger charge is -2.38. The molecule has 1 aliphatic heterocycles. The quantitative estimate of drug-likeness (QED) is 0.884. The standard InChI is InChI=1S/C18H21N3O.2ClH/c1-13-14(2)21(9-8-20-13)18(22)17-10-16(11-19-12-17)15-6-4-3-5-7-15;;/h3-7,10-14,20H,8-9H2,1-2H3;2*1H. The van der Waals surface area contributed by atoms with E-state index in [9.17, 15) is 4.79 Å². The van der Waals surface area contributed by atoms with Crippen molar-refractivity contribution >= 4 is 30.7 Å². The van der Waals surface area contributed by atoms with E-state index in [1.54, 1.807) is 12.4 Å². The molecule has 0 spiro atoms. The van der Waals surface area contributed by atoms with Crippen LogP contribution in [-0.4, -0.2) is 41.0 Å². The Kier molecular flexibility index (Phi) is 7.67. The van der Waals surface area contributed by atoms with Gasteiger partial charge in [-0.25, -0.2) is 0 Å². The smallest absolute Gasteiger partial charge is 0.255 e. The monoisotopic (exact) mass is 367 g/mol. The first-order valence-corrected chi connectivity index (χ1v) is 7.71. The topological polar surface area (TPSA) is 45.2 Å². The molecule has 130 valence electrons. The summed E-state index contributed by atoms with van der Waals surface area (Å²) >= 11 is 0. The van der Waals surface area contributed by atoms with E-state index in [-0.39, 0.29) is 36.8 Å². The minimum atomic E-state index is 0. The van der Waals surface area contributed by atoms with E-state index >= 15 is 0 Å². The maximum atomic E-state index is 12.8. The highest BCUT2D eigenvalue weighted by Gasteiger charge is 2.28. The normalized spacial score (nSPS) is 19.8. The van der Waals surface area contributed by atoms with Crippen molar-refractivity contribution in [3.8, 4) is 11.1 Å². The average Bonchev–Trinajstić information content (AvgIpc) is 2.58. The molecule has 2 aromatic rings. The maximum absolute atomic E-state index is 12.8. The Hall–Kier alpha value is -1.62. The summed E-state index contributed by atoms with van der Waals surface area (Å²) in [6.07, 6.45) is 3.46. The highest BCUT2D eigenvalue weighted by molar-refractivity contribution is 5.95. The number of amides is 1. The second-order valence-electron chi connectivity index (χ2n) is 5.81. The fourth-order valence-corrected chi connectivity index (χ4v) is 2.85. The summed E-state index contributed by atoms with van der Waals surface area (Å²) in [6.45, 7) is 5.77. The molecule has 1 amide bonds. The van der Waals surface area contributed by atoms with Crippen LogP contribution >= 0.6 is 24.8 Å². The molecule has 3 rings (SSSR count). The second kappa shape index (κ2) is 9.02. The Labute approximate surface area is 155 Å². The maximum Gasteiger partial charge on any atom is 0.255 e. The molecule has 4 nitrogen and oxygen atoms in total. The summed E-state index contributed by atoms with van der Waals surface area (Å²) in [5.41, 5.74) is 2.70. The van der Waals surface area contributed by atoms with Crippen molar-refractivity contribution in [1.29, 1.82) is 0 Å². The highest BCUT2D eigenvalue weighted by Crippen LogP contribution is 2.20. The number of pyridine rings is 1. The third kappa shape index (κ3) is 4.26. The van der Waals surface area contributed by atoms with Crippen LogP contribution in [0.25, 0.3) is 11.1 Å². The molecule has 1 fully saturated rings. The zero-order valence-electron chi connectivity index (χ0n) is 13.8. The summed E-state index contributed by atoms with van der Waals surface area (Å²) in [5, 5.41) is 3.40. The molecule has 1 saturated heterocycles. The SMILES string of the molecule is CC1NCCN(C(=O)c2cncc(-c3ccccc3)c2)C1C.Cl.Cl. The Balaban J connectivity index is 0.00000144. The van der Waals surface area contributed by atoms with Gasteiger partial charge in [0.05, 0.1) is 5.56 Å². The van der Waals surface area contributed by atoms with Gasteiger partial charge in [-0.05, 0) is 25.5 Å². The zero-order chi connectivity index (χ0) is 15.5. The summed E-state index contributed by atoms with van der Waals surface area (Å²) < 4.78 is 0. The van der Waals surface area contributed by atoms with Gasteiger partial charge < -0.3 is 10.2 Å². The van der Waals surface area contributed by atoms with Crippen molar-refractivity contribution in [2.75, 3.05) is 13.1 Å². The van der Waals surface area contributed by atoms with Crippen LogP contribution in [0.3, 0.4) is 0 Å². The molecule has 1 N–H and O–H groups in total. The fraction of sp³-hybridized carbons (Fsp3) is 0.333. The number of aromatic nitrogens is 1. The summed E-state index contributed by atoms with van der Waals surface area (Å²) in [4.78, 5) is 19.0. The predicted molar refractivity (Wildman–Crippen MR) is 102 cm³/mol. The Morgan fingerprint density at radius 3 is 2.54 bits per heavy atom. The fourth-order valence-electron chi connectivity index (χ4n) is 2.85. The number of benzene rings is 1. The van der Waals surface area contributed by atoms with Crippen molar-refractivity contribution in [1.82, 2.24) is 15.2 Å².